The highest BCUT2D eigenvalue weighted by Gasteiger charge is 2.07. The molecule has 0 saturated carbocycles. The zero-order chi connectivity index (χ0) is 13.8. The van der Waals surface area contributed by atoms with E-state index in [1.807, 2.05) is 12.1 Å². The van der Waals surface area contributed by atoms with Gasteiger partial charge >= 0.3 is 0 Å². The molecule has 0 bridgehead atoms. The van der Waals surface area contributed by atoms with Gasteiger partial charge in [-0.05, 0) is 29.7 Å². The van der Waals surface area contributed by atoms with Gasteiger partial charge in [0.05, 0.1) is 10.0 Å². The van der Waals surface area contributed by atoms with Gasteiger partial charge in [0.25, 0.3) is 0 Å². The number of halogens is 3. The Labute approximate surface area is 122 Å². The molecule has 0 aliphatic carbocycles. The normalized spacial score (nSPS) is 10.5. The summed E-state index contributed by atoms with van der Waals surface area (Å²) in [6.07, 6.45) is 0.975. The molecule has 0 aliphatic rings. The lowest BCUT2D eigenvalue weighted by molar-refractivity contribution is 0.629. The van der Waals surface area contributed by atoms with E-state index in [9.17, 15) is 4.39 Å². The molecule has 0 aromatic heterocycles. The SMILES string of the molecule is CCc1ccccc1CNc1cc(Cl)c(F)c(Cl)c1. The van der Waals surface area contributed by atoms with Gasteiger partial charge in [-0.15, -0.1) is 0 Å². The summed E-state index contributed by atoms with van der Waals surface area (Å²) in [4.78, 5) is 0. The number of hydrogen-bond donors (Lipinski definition) is 1. The van der Waals surface area contributed by atoms with Crippen molar-refractivity contribution in [2.24, 2.45) is 0 Å². The van der Waals surface area contributed by atoms with E-state index in [0.717, 1.165) is 6.42 Å². The molecule has 2 rings (SSSR count). The van der Waals surface area contributed by atoms with Crippen LogP contribution in [0.25, 0.3) is 0 Å². The maximum Gasteiger partial charge on any atom is 0.160 e. The Morgan fingerprint density at radius 1 is 1.05 bits per heavy atom. The van der Waals surface area contributed by atoms with Gasteiger partial charge in [0, 0.05) is 12.2 Å². The fourth-order valence-electron chi connectivity index (χ4n) is 1.93. The minimum atomic E-state index is -0.581. The molecule has 0 amide bonds. The summed E-state index contributed by atoms with van der Waals surface area (Å²) in [7, 11) is 0. The number of hydrogen-bond acceptors (Lipinski definition) is 1. The first-order chi connectivity index (χ1) is 9.11. The molecule has 0 aliphatic heterocycles. The van der Waals surface area contributed by atoms with E-state index in [0.29, 0.717) is 12.2 Å². The van der Waals surface area contributed by atoms with Crippen LogP contribution in [0, 0.1) is 5.82 Å². The van der Waals surface area contributed by atoms with Crippen molar-refractivity contribution in [2.75, 3.05) is 5.32 Å². The lowest BCUT2D eigenvalue weighted by Gasteiger charge is -2.11. The molecule has 100 valence electrons. The number of benzene rings is 2. The molecule has 0 unspecified atom stereocenters. The molecule has 4 heteroatoms. The van der Waals surface area contributed by atoms with Crippen LogP contribution < -0.4 is 5.32 Å². The molecule has 0 heterocycles. The van der Waals surface area contributed by atoms with Gasteiger partial charge in [0.2, 0.25) is 0 Å². The second-order valence-electron chi connectivity index (χ2n) is 4.23. The second kappa shape index (κ2) is 6.27. The number of nitrogens with one attached hydrogen (secondary N) is 1. The molecular weight excluding hydrogens is 284 g/mol. The summed E-state index contributed by atoms with van der Waals surface area (Å²) in [5, 5.41) is 3.26. The van der Waals surface area contributed by atoms with Gasteiger partial charge in [-0.2, -0.15) is 0 Å². The Hall–Kier alpha value is -1.25. The Bertz CT molecular complexity index is 561. The Morgan fingerprint density at radius 3 is 2.21 bits per heavy atom. The minimum Gasteiger partial charge on any atom is -0.381 e. The third kappa shape index (κ3) is 3.40. The third-order valence-electron chi connectivity index (χ3n) is 2.97. The smallest absolute Gasteiger partial charge is 0.160 e. The first-order valence-electron chi connectivity index (χ1n) is 6.07. The molecular formula is C15H14Cl2FN. The summed E-state index contributed by atoms with van der Waals surface area (Å²) in [6.45, 7) is 2.77. The van der Waals surface area contributed by atoms with E-state index < -0.39 is 5.82 Å². The first kappa shape index (κ1) is 14.2. The topological polar surface area (TPSA) is 12.0 Å². The van der Waals surface area contributed by atoms with Gasteiger partial charge in [-0.3, -0.25) is 0 Å². The molecule has 0 spiro atoms. The maximum atomic E-state index is 13.3. The quantitative estimate of drug-likeness (QED) is 0.754. The summed E-state index contributed by atoms with van der Waals surface area (Å²) in [5.41, 5.74) is 3.21. The van der Waals surface area contributed by atoms with E-state index in [1.54, 1.807) is 0 Å². The summed E-state index contributed by atoms with van der Waals surface area (Å²) >= 11 is 11.5. The van der Waals surface area contributed by atoms with E-state index in [2.05, 4.69) is 24.4 Å². The van der Waals surface area contributed by atoms with Crippen LogP contribution in [0.15, 0.2) is 36.4 Å². The molecule has 0 fully saturated rings. The predicted octanol–water partition coefficient (Wildman–Crippen LogP) is 5.31. The van der Waals surface area contributed by atoms with Crippen LogP contribution in [0.1, 0.15) is 18.1 Å². The molecule has 1 N–H and O–H groups in total. The highest BCUT2D eigenvalue weighted by molar-refractivity contribution is 6.35. The van der Waals surface area contributed by atoms with E-state index in [4.69, 9.17) is 23.2 Å². The zero-order valence-electron chi connectivity index (χ0n) is 10.5. The Balaban J connectivity index is 2.15. The number of anilines is 1. The van der Waals surface area contributed by atoms with Crippen molar-refractivity contribution in [1.82, 2.24) is 0 Å². The zero-order valence-corrected chi connectivity index (χ0v) is 12.0. The lowest BCUT2D eigenvalue weighted by Crippen LogP contribution is -2.02. The van der Waals surface area contributed by atoms with Crippen LogP contribution >= 0.6 is 23.2 Å². The van der Waals surface area contributed by atoms with Crippen LogP contribution in [0.5, 0.6) is 0 Å². The maximum absolute atomic E-state index is 13.3. The van der Waals surface area contributed by atoms with Gasteiger partial charge in [-0.25, -0.2) is 4.39 Å². The molecule has 0 atom stereocenters. The van der Waals surface area contributed by atoms with Crippen LogP contribution in [0.4, 0.5) is 10.1 Å². The average Bonchev–Trinajstić information content (AvgIpc) is 2.42. The highest BCUT2D eigenvalue weighted by Crippen LogP contribution is 2.27. The molecule has 2 aromatic rings. The minimum absolute atomic E-state index is 0.0266. The molecule has 0 saturated heterocycles. The van der Waals surface area contributed by atoms with Crippen LogP contribution in [-0.4, -0.2) is 0 Å². The van der Waals surface area contributed by atoms with Crippen molar-refractivity contribution in [3.63, 3.8) is 0 Å². The second-order valence-corrected chi connectivity index (χ2v) is 5.04. The van der Waals surface area contributed by atoms with Crippen molar-refractivity contribution in [2.45, 2.75) is 19.9 Å². The van der Waals surface area contributed by atoms with Crippen molar-refractivity contribution in [3.05, 3.63) is 63.4 Å². The summed E-state index contributed by atoms with van der Waals surface area (Å²) < 4.78 is 13.3. The number of aryl methyl sites for hydroxylation is 1. The van der Waals surface area contributed by atoms with Gasteiger partial charge in [0.1, 0.15) is 0 Å². The lowest BCUT2D eigenvalue weighted by atomic mass is 10.1. The Morgan fingerprint density at radius 2 is 1.63 bits per heavy atom. The first-order valence-corrected chi connectivity index (χ1v) is 6.82. The average molecular weight is 298 g/mol. The third-order valence-corrected chi connectivity index (χ3v) is 3.52. The Kier molecular flexibility index (Phi) is 4.67. The molecule has 1 nitrogen and oxygen atoms in total. The predicted molar refractivity (Wildman–Crippen MR) is 79.6 cm³/mol. The van der Waals surface area contributed by atoms with E-state index >= 15 is 0 Å². The van der Waals surface area contributed by atoms with Crippen molar-refractivity contribution >= 4 is 28.9 Å². The van der Waals surface area contributed by atoms with Crippen LogP contribution in [0.3, 0.4) is 0 Å². The van der Waals surface area contributed by atoms with Gasteiger partial charge in [0.15, 0.2) is 5.82 Å². The van der Waals surface area contributed by atoms with Crippen LogP contribution in [0.2, 0.25) is 10.0 Å². The molecule has 0 radical (unpaired) electrons. The molecule has 19 heavy (non-hydrogen) atoms. The van der Waals surface area contributed by atoms with Crippen LogP contribution in [-0.2, 0) is 13.0 Å². The fraction of sp³-hybridized carbons (Fsp3) is 0.200. The standard InChI is InChI=1S/C15H14Cl2FN/c1-2-10-5-3-4-6-11(10)9-19-12-7-13(16)15(18)14(17)8-12/h3-8,19H,2,9H2,1H3. The van der Waals surface area contributed by atoms with E-state index in [-0.39, 0.29) is 10.0 Å². The summed E-state index contributed by atoms with van der Waals surface area (Å²) in [5.74, 6) is -0.581. The van der Waals surface area contributed by atoms with Crippen molar-refractivity contribution < 1.29 is 4.39 Å². The van der Waals surface area contributed by atoms with E-state index in [1.165, 1.54) is 23.3 Å². The largest absolute Gasteiger partial charge is 0.381 e. The monoisotopic (exact) mass is 297 g/mol. The van der Waals surface area contributed by atoms with Gasteiger partial charge in [-0.1, -0.05) is 54.4 Å². The van der Waals surface area contributed by atoms with Gasteiger partial charge < -0.3 is 5.32 Å². The summed E-state index contributed by atoms with van der Waals surface area (Å²) in [6, 6.07) is 11.3. The van der Waals surface area contributed by atoms with Crippen molar-refractivity contribution in [3.8, 4) is 0 Å². The number of rotatable bonds is 4. The molecule has 2 aromatic carbocycles. The van der Waals surface area contributed by atoms with Crippen molar-refractivity contribution in [1.29, 1.82) is 0 Å². The highest BCUT2D eigenvalue weighted by atomic mass is 35.5. The fourth-order valence-corrected chi connectivity index (χ4v) is 2.42.